The molecule has 2 rings (SSSR count). The van der Waals surface area contributed by atoms with Crippen LogP contribution in [0.4, 0.5) is 0 Å². The summed E-state index contributed by atoms with van der Waals surface area (Å²) in [4.78, 5) is 25.7. The first-order valence-corrected chi connectivity index (χ1v) is 7.80. The highest BCUT2D eigenvalue weighted by atomic mass is 16.5. The van der Waals surface area contributed by atoms with Gasteiger partial charge in [-0.25, -0.2) is 0 Å². The number of likely N-dealkylation sites (N-methyl/N-ethyl adjacent to an activating group) is 1. The first-order chi connectivity index (χ1) is 10.1. The molecular formula is C15H27N3O3. The van der Waals surface area contributed by atoms with Crippen LogP contribution in [0.3, 0.4) is 0 Å². The van der Waals surface area contributed by atoms with E-state index in [1.807, 2.05) is 0 Å². The molecule has 2 amide bonds. The van der Waals surface area contributed by atoms with Gasteiger partial charge in [-0.2, -0.15) is 0 Å². The van der Waals surface area contributed by atoms with Gasteiger partial charge in [0.25, 0.3) is 0 Å². The fraction of sp³-hybridized carbons (Fsp3) is 0.867. The molecule has 1 saturated carbocycles. The lowest BCUT2D eigenvalue weighted by atomic mass is 9.91. The van der Waals surface area contributed by atoms with E-state index in [1.54, 1.807) is 19.1 Å². The second kappa shape index (κ2) is 7.22. The molecule has 1 saturated heterocycles. The molecule has 1 heterocycles. The van der Waals surface area contributed by atoms with E-state index < -0.39 is 0 Å². The molecule has 2 fully saturated rings. The molecule has 1 unspecified atom stereocenters. The first kappa shape index (κ1) is 16.2. The van der Waals surface area contributed by atoms with Crippen LogP contribution in [-0.4, -0.2) is 63.7 Å². The summed E-state index contributed by atoms with van der Waals surface area (Å²) in [5.41, 5.74) is 0.228. The van der Waals surface area contributed by atoms with Crippen molar-refractivity contribution in [1.82, 2.24) is 15.5 Å². The van der Waals surface area contributed by atoms with Crippen LogP contribution in [0.5, 0.6) is 0 Å². The summed E-state index contributed by atoms with van der Waals surface area (Å²) in [7, 11) is 3.37. The number of carbonyl (C=O) groups is 2. The lowest BCUT2D eigenvalue weighted by molar-refractivity contribution is -0.136. The van der Waals surface area contributed by atoms with Crippen LogP contribution in [0, 0.1) is 11.3 Å². The first-order valence-electron chi connectivity index (χ1n) is 7.80. The molecule has 6 heteroatoms. The van der Waals surface area contributed by atoms with E-state index in [-0.39, 0.29) is 29.7 Å². The molecule has 0 aromatic heterocycles. The van der Waals surface area contributed by atoms with Gasteiger partial charge in [-0.1, -0.05) is 0 Å². The van der Waals surface area contributed by atoms with Crippen molar-refractivity contribution in [3.05, 3.63) is 0 Å². The van der Waals surface area contributed by atoms with E-state index >= 15 is 0 Å². The van der Waals surface area contributed by atoms with Crippen molar-refractivity contribution < 1.29 is 14.3 Å². The summed E-state index contributed by atoms with van der Waals surface area (Å²) in [5.74, 6) is 0.164. The third-order valence-corrected chi connectivity index (χ3v) is 4.69. The minimum atomic E-state index is -0.0954. The third-order valence-electron chi connectivity index (χ3n) is 4.69. The van der Waals surface area contributed by atoms with E-state index in [4.69, 9.17) is 4.74 Å². The van der Waals surface area contributed by atoms with Crippen molar-refractivity contribution in [2.45, 2.75) is 25.7 Å². The van der Waals surface area contributed by atoms with Crippen molar-refractivity contribution in [2.75, 3.05) is 46.9 Å². The molecule has 21 heavy (non-hydrogen) atoms. The Balaban J connectivity index is 1.69. The average Bonchev–Trinajstić information content (AvgIpc) is 3.16. The molecule has 1 aliphatic carbocycles. The lowest BCUT2D eigenvalue weighted by Crippen LogP contribution is -2.40. The number of amides is 2. The molecule has 0 aromatic carbocycles. The summed E-state index contributed by atoms with van der Waals surface area (Å²) in [5, 5.41) is 6.15. The minimum absolute atomic E-state index is 0.0954. The Kier molecular flexibility index (Phi) is 5.58. The second-order valence-corrected chi connectivity index (χ2v) is 6.26. The van der Waals surface area contributed by atoms with Crippen LogP contribution < -0.4 is 10.6 Å². The highest BCUT2D eigenvalue weighted by Gasteiger charge is 2.58. The van der Waals surface area contributed by atoms with E-state index in [0.717, 1.165) is 38.8 Å². The topological polar surface area (TPSA) is 70.7 Å². The molecule has 0 bridgehead atoms. The quantitative estimate of drug-likeness (QED) is 0.648. The van der Waals surface area contributed by atoms with Gasteiger partial charge in [-0.15, -0.1) is 0 Å². The number of ether oxygens (including phenoxy) is 1. The Morgan fingerprint density at radius 1 is 1.38 bits per heavy atom. The molecule has 2 aliphatic rings. The zero-order valence-electron chi connectivity index (χ0n) is 13.1. The highest BCUT2D eigenvalue weighted by molar-refractivity contribution is 5.87. The van der Waals surface area contributed by atoms with Crippen molar-refractivity contribution in [1.29, 1.82) is 0 Å². The van der Waals surface area contributed by atoms with Gasteiger partial charge in [0.05, 0.1) is 6.54 Å². The minimum Gasteiger partial charge on any atom is -0.385 e. The smallest absolute Gasteiger partial charge is 0.239 e. The maximum Gasteiger partial charge on any atom is 0.239 e. The lowest BCUT2D eigenvalue weighted by Gasteiger charge is -2.25. The Morgan fingerprint density at radius 2 is 2.10 bits per heavy atom. The predicted octanol–water partition coefficient (Wildman–Crippen LogP) is -0.0128. The molecule has 0 radical (unpaired) electrons. The second-order valence-electron chi connectivity index (χ2n) is 6.26. The van der Waals surface area contributed by atoms with Crippen LogP contribution >= 0.6 is 0 Å². The van der Waals surface area contributed by atoms with E-state index in [9.17, 15) is 9.59 Å². The summed E-state index contributed by atoms with van der Waals surface area (Å²) in [6, 6.07) is 0. The molecule has 1 aliphatic heterocycles. The molecule has 2 N–H and O–H groups in total. The highest BCUT2D eigenvalue weighted by Crippen LogP contribution is 2.59. The predicted molar refractivity (Wildman–Crippen MR) is 79.8 cm³/mol. The SMILES string of the molecule is COCCCNC(=O)CN(C)C(=O)C1CC12CCNCC2. The summed E-state index contributed by atoms with van der Waals surface area (Å²) in [6.45, 7) is 3.39. The maximum absolute atomic E-state index is 12.4. The van der Waals surface area contributed by atoms with Gasteiger partial charge in [0.15, 0.2) is 0 Å². The van der Waals surface area contributed by atoms with E-state index in [2.05, 4.69) is 10.6 Å². The van der Waals surface area contributed by atoms with Gasteiger partial charge in [0.1, 0.15) is 0 Å². The zero-order chi connectivity index (χ0) is 15.3. The number of nitrogens with one attached hydrogen (secondary N) is 2. The Bertz CT molecular complexity index is 380. The van der Waals surface area contributed by atoms with Crippen LogP contribution in [0.1, 0.15) is 25.7 Å². The van der Waals surface area contributed by atoms with Crippen LogP contribution in [-0.2, 0) is 14.3 Å². The van der Waals surface area contributed by atoms with Crippen molar-refractivity contribution in [3.63, 3.8) is 0 Å². The normalized spacial score (nSPS) is 22.9. The number of rotatable bonds is 7. The van der Waals surface area contributed by atoms with Gasteiger partial charge in [0.2, 0.25) is 11.8 Å². The largest absolute Gasteiger partial charge is 0.385 e. The van der Waals surface area contributed by atoms with Gasteiger partial charge in [-0.3, -0.25) is 9.59 Å². The number of nitrogens with zero attached hydrogens (tertiary/aromatic N) is 1. The fourth-order valence-electron chi connectivity index (χ4n) is 3.23. The summed E-state index contributed by atoms with van der Waals surface area (Å²) in [6.07, 6.45) is 3.95. The number of hydrogen-bond donors (Lipinski definition) is 2. The number of hydrogen-bond acceptors (Lipinski definition) is 4. The zero-order valence-corrected chi connectivity index (χ0v) is 13.1. The molecule has 1 atom stereocenters. The monoisotopic (exact) mass is 297 g/mol. The number of carbonyl (C=O) groups excluding carboxylic acids is 2. The van der Waals surface area contributed by atoms with Gasteiger partial charge in [-0.05, 0) is 44.2 Å². The van der Waals surface area contributed by atoms with Crippen LogP contribution in [0.2, 0.25) is 0 Å². The van der Waals surface area contributed by atoms with Crippen LogP contribution in [0.15, 0.2) is 0 Å². The third kappa shape index (κ3) is 4.17. The summed E-state index contributed by atoms with van der Waals surface area (Å²) >= 11 is 0. The molecule has 120 valence electrons. The number of piperidine rings is 1. The van der Waals surface area contributed by atoms with Gasteiger partial charge in [0, 0.05) is 33.2 Å². The average molecular weight is 297 g/mol. The Morgan fingerprint density at radius 3 is 2.76 bits per heavy atom. The van der Waals surface area contributed by atoms with Crippen molar-refractivity contribution in [3.8, 4) is 0 Å². The Hall–Kier alpha value is -1.14. The molecule has 1 spiro atoms. The standard InChI is InChI=1S/C15H27N3O3/c1-18(11-13(19)17-6-3-9-21-2)14(20)12-10-15(12)4-7-16-8-5-15/h12,16H,3-11H2,1-2H3,(H,17,19). The Labute approximate surface area is 126 Å². The fourth-order valence-corrected chi connectivity index (χ4v) is 3.23. The maximum atomic E-state index is 12.4. The van der Waals surface area contributed by atoms with Crippen molar-refractivity contribution >= 4 is 11.8 Å². The van der Waals surface area contributed by atoms with Crippen LogP contribution in [0.25, 0.3) is 0 Å². The molecule has 6 nitrogen and oxygen atoms in total. The van der Waals surface area contributed by atoms with Gasteiger partial charge >= 0.3 is 0 Å². The van der Waals surface area contributed by atoms with E-state index in [1.165, 1.54) is 0 Å². The number of methoxy groups -OCH3 is 1. The molecule has 0 aromatic rings. The molecular weight excluding hydrogens is 270 g/mol. The van der Waals surface area contributed by atoms with Crippen molar-refractivity contribution in [2.24, 2.45) is 11.3 Å². The van der Waals surface area contributed by atoms with Gasteiger partial charge < -0.3 is 20.3 Å². The van der Waals surface area contributed by atoms with E-state index in [0.29, 0.717) is 13.2 Å². The summed E-state index contributed by atoms with van der Waals surface area (Å²) < 4.78 is 4.93.